The van der Waals surface area contributed by atoms with Crippen molar-refractivity contribution in [3.8, 4) is 0 Å². The van der Waals surface area contributed by atoms with Crippen molar-refractivity contribution in [2.45, 2.75) is 57.7 Å². The Morgan fingerprint density at radius 3 is 2.70 bits per heavy atom. The molecule has 1 aromatic rings. The maximum absolute atomic E-state index is 13.3. The molecule has 3 atom stereocenters. The fraction of sp³-hybridized carbons (Fsp3) is 0.667. The maximum atomic E-state index is 13.3. The third kappa shape index (κ3) is 5.66. The van der Waals surface area contributed by atoms with Crippen molar-refractivity contribution < 1.29 is 13.9 Å². The first kappa shape index (κ1) is 20.1. The topological polar surface area (TPSA) is 53.6 Å². The van der Waals surface area contributed by atoms with Gasteiger partial charge in [0.25, 0.3) is 0 Å². The van der Waals surface area contributed by atoms with Crippen LogP contribution in [0.15, 0.2) is 24.3 Å². The Morgan fingerprint density at radius 2 is 2.04 bits per heavy atom. The third-order valence-corrected chi connectivity index (χ3v) is 5.68. The summed E-state index contributed by atoms with van der Waals surface area (Å²) >= 11 is 0. The smallest absolute Gasteiger partial charge is 0.315 e. The minimum absolute atomic E-state index is 0.0627. The highest BCUT2D eigenvalue weighted by atomic mass is 19.1. The Bertz CT molecular complexity index is 602. The van der Waals surface area contributed by atoms with Crippen molar-refractivity contribution in [2.75, 3.05) is 26.2 Å². The summed E-state index contributed by atoms with van der Waals surface area (Å²) in [5, 5.41) is 6.10. The fourth-order valence-corrected chi connectivity index (χ4v) is 4.09. The van der Waals surface area contributed by atoms with Gasteiger partial charge in [-0.3, -0.25) is 0 Å². The molecule has 3 rings (SSSR count). The fourth-order valence-electron chi connectivity index (χ4n) is 4.09. The van der Waals surface area contributed by atoms with Crippen LogP contribution in [0.5, 0.6) is 0 Å². The number of carbonyl (C=O) groups is 1. The molecule has 2 aliphatic heterocycles. The Morgan fingerprint density at radius 1 is 1.26 bits per heavy atom. The molecule has 0 bridgehead atoms. The van der Waals surface area contributed by atoms with Gasteiger partial charge in [-0.15, -0.1) is 0 Å². The number of ether oxygens (including phenoxy) is 1. The Balaban J connectivity index is 1.55. The van der Waals surface area contributed by atoms with Crippen molar-refractivity contribution in [3.05, 3.63) is 35.6 Å². The quantitative estimate of drug-likeness (QED) is 0.798. The second-order valence-electron chi connectivity index (χ2n) is 8.03. The number of piperidine rings is 1. The summed E-state index contributed by atoms with van der Waals surface area (Å²) in [5.41, 5.74) is 0.877. The van der Waals surface area contributed by atoms with Crippen LogP contribution in [-0.2, 0) is 4.74 Å². The number of benzene rings is 1. The summed E-state index contributed by atoms with van der Waals surface area (Å²) in [6.07, 6.45) is 4.15. The minimum atomic E-state index is -0.277. The standard InChI is InChI=1S/C21H32FN3O2/c1-15(2)25-11-3-5-16(14-25)13-23-21(26)24-20(19-6-4-12-27-19)17-7-9-18(22)10-8-17/h7-10,15-16,19-20H,3-6,11-14H2,1-2H3,(H2,23,24,26). The molecule has 2 heterocycles. The van der Waals surface area contributed by atoms with Gasteiger partial charge in [0.2, 0.25) is 0 Å². The zero-order valence-electron chi connectivity index (χ0n) is 16.4. The molecule has 5 nitrogen and oxygen atoms in total. The van der Waals surface area contributed by atoms with Gasteiger partial charge in [0.1, 0.15) is 5.82 Å². The van der Waals surface area contributed by atoms with E-state index in [1.54, 1.807) is 12.1 Å². The highest BCUT2D eigenvalue weighted by Gasteiger charge is 2.29. The van der Waals surface area contributed by atoms with Gasteiger partial charge >= 0.3 is 6.03 Å². The Hall–Kier alpha value is -1.66. The molecule has 2 saturated heterocycles. The van der Waals surface area contributed by atoms with Crippen molar-refractivity contribution in [1.82, 2.24) is 15.5 Å². The number of urea groups is 1. The van der Waals surface area contributed by atoms with E-state index < -0.39 is 0 Å². The number of rotatable bonds is 6. The predicted molar refractivity (Wildman–Crippen MR) is 104 cm³/mol. The van der Waals surface area contributed by atoms with Gasteiger partial charge in [-0.2, -0.15) is 0 Å². The van der Waals surface area contributed by atoms with Crippen LogP contribution in [0.4, 0.5) is 9.18 Å². The van der Waals surface area contributed by atoms with E-state index in [9.17, 15) is 9.18 Å². The van der Waals surface area contributed by atoms with Crippen LogP contribution in [-0.4, -0.2) is 49.3 Å². The maximum Gasteiger partial charge on any atom is 0.315 e. The third-order valence-electron chi connectivity index (χ3n) is 5.68. The van der Waals surface area contributed by atoms with Crippen LogP contribution < -0.4 is 10.6 Å². The highest BCUT2D eigenvalue weighted by Crippen LogP contribution is 2.27. The molecule has 6 heteroatoms. The number of hydrogen-bond acceptors (Lipinski definition) is 3. The molecular formula is C21H32FN3O2. The first-order chi connectivity index (χ1) is 13.0. The molecule has 150 valence electrons. The normalized spacial score (nSPS) is 24.7. The molecule has 0 radical (unpaired) electrons. The van der Waals surface area contributed by atoms with E-state index in [1.165, 1.54) is 18.6 Å². The molecule has 2 aliphatic rings. The lowest BCUT2D eigenvalue weighted by Gasteiger charge is -2.35. The first-order valence-corrected chi connectivity index (χ1v) is 10.2. The molecule has 27 heavy (non-hydrogen) atoms. The van der Waals surface area contributed by atoms with E-state index in [4.69, 9.17) is 4.74 Å². The molecule has 0 saturated carbocycles. The van der Waals surface area contributed by atoms with Gasteiger partial charge < -0.3 is 20.3 Å². The average molecular weight is 378 g/mol. The number of amides is 2. The second-order valence-corrected chi connectivity index (χ2v) is 8.03. The summed E-state index contributed by atoms with van der Waals surface area (Å²) in [4.78, 5) is 15.0. The molecule has 2 fully saturated rings. The first-order valence-electron chi connectivity index (χ1n) is 10.2. The summed E-state index contributed by atoms with van der Waals surface area (Å²) in [6.45, 7) is 8.00. The van der Waals surface area contributed by atoms with Crippen molar-refractivity contribution >= 4 is 6.03 Å². The van der Waals surface area contributed by atoms with E-state index in [-0.39, 0.29) is 24.0 Å². The molecule has 0 aliphatic carbocycles. The van der Waals surface area contributed by atoms with Crippen LogP contribution in [0, 0.1) is 11.7 Å². The lowest BCUT2D eigenvalue weighted by Crippen LogP contribution is -2.47. The molecule has 0 spiro atoms. The van der Waals surface area contributed by atoms with Crippen LogP contribution in [0.1, 0.15) is 51.1 Å². The van der Waals surface area contributed by atoms with Gasteiger partial charge in [0.15, 0.2) is 0 Å². The van der Waals surface area contributed by atoms with Gasteiger partial charge in [-0.25, -0.2) is 9.18 Å². The van der Waals surface area contributed by atoms with Crippen molar-refractivity contribution in [2.24, 2.45) is 5.92 Å². The van der Waals surface area contributed by atoms with Gasteiger partial charge in [-0.05, 0) is 69.7 Å². The minimum Gasteiger partial charge on any atom is -0.376 e. The lowest BCUT2D eigenvalue weighted by molar-refractivity contribution is 0.0804. The summed E-state index contributed by atoms with van der Waals surface area (Å²) in [7, 11) is 0. The Labute approximate surface area is 161 Å². The molecule has 2 amide bonds. The van der Waals surface area contributed by atoms with E-state index in [1.807, 2.05) is 0 Å². The van der Waals surface area contributed by atoms with E-state index in [0.717, 1.165) is 37.9 Å². The molecule has 3 unspecified atom stereocenters. The number of likely N-dealkylation sites (tertiary alicyclic amines) is 1. The number of nitrogens with one attached hydrogen (secondary N) is 2. The van der Waals surface area contributed by atoms with Crippen LogP contribution in [0.25, 0.3) is 0 Å². The monoisotopic (exact) mass is 377 g/mol. The summed E-state index contributed by atoms with van der Waals surface area (Å²) in [5.74, 6) is 0.209. The van der Waals surface area contributed by atoms with E-state index in [2.05, 4.69) is 29.4 Å². The number of nitrogens with zero attached hydrogens (tertiary/aromatic N) is 1. The van der Waals surface area contributed by atoms with Gasteiger partial charge in [-0.1, -0.05) is 12.1 Å². The van der Waals surface area contributed by atoms with Crippen LogP contribution in [0.3, 0.4) is 0 Å². The molecule has 2 N–H and O–H groups in total. The SMILES string of the molecule is CC(C)N1CCCC(CNC(=O)NC(c2ccc(F)cc2)C2CCCO2)C1. The largest absolute Gasteiger partial charge is 0.376 e. The number of carbonyl (C=O) groups excluding carboxylic acids is 1. The lowest BCUT2D eigenvalue weighted by atomic mass is 9.97. The van der Waals surface area contributed by atoms with Crippen molar-refractivity contribution in [1.29, 1.82) is 0 Å². The number of halogens is 1. The number of hydrogen-bond donors (Lipinski definition) is 2. The highest BCUT2D eigenvalue weighted by molar-refractivity contribution is 5.74. The van der Waals surface area contributed by atoms with E-state index >= 15 is 0 Å². The predicted octanol–water partition coefficient (Wildman–Crippen LogP) is 3.47. The van der Waals surface area contributed by atoms with Crippen molar-refractivity contribution in [3.63, 3.8) is 0 Å². The molecule has 0 aromatic heterocycles. The van der Waals surface area contributed by atoms with Gasteiger partial charge in [0.05, 0.1) is 12.1 Å². The second kappa shape index (κ2) is 9.51. The average Bonchev–Trinajstić information content (AvgIpc) is 3.20. The summed E-state index contributed by atoms with van der Waals surface area (Å²) in [6, 6.07) is 6.42. The van der Waals surface area contributed by atoms with Crippen LogP contribution in [0.2, 0.25) is 0 Å². The van der Waals surface area contributed by atoms with E-state index in [0.29, 0.717) is 25.1 Å². The summed E-state index contributed by atoms with van der Waals surface area (Å²) < 4.78 is 19.1. The molecule has 1 aromatic carbocycles. The Kier molecular flexibility index (Phi) is 7.07. The zero-order valence-corrected chi connectivity index (χ0v) is 16.4. The molecular weight excluding hydrogens is 345 g/mol. The zero-order chi connectivity index (χ0) is 19.2. The van der Waals surface area contributed by atoms with Crippen LogP contribution >= 0.6 is 0 Å². The van der Waals surface area contributed by atoms with Gasteiger partial charge in [0, 0.05) is 25.7 Å².